The maximum Gasteiger partial charge on any atom is 0.162 e. The predicted molar refractivity (Wildman–Crippen MR) is 52.5 cm³/mol. The van der Waals surface area contributed by atoms with E-state index >= 15 is 0 Å². The highest BCUT2D eigenvalue weighted by Crippen LogP contribution is 2.12. The first kappa shape index (κ1) is 9.22. The molecule has 1 aromatic rings. The first-order valence-corrected chi connectivity index (χ1v) is 5.02. The van der Waals surface area contributed by atoms with E-state index in [-0.39, 0.29) is 0 Å². The van der Waals surface area contributed by atoms with Crippen LogP contribution < -0.4 is 0 Å². The number of hydrogen-bond acceptors (Lipinski definition) is 3. The summed E-state index contributed by atoms with van der Waals surface area (Å²) in [6, 6.07) is 3.98. The molecule has 2 rings (SSSR count). The second kappa shape index (κ2) is 3.81. The Hall–Kier alpha value is -1.34. The minimum atomic E-state index is 0.540. The van der Waals surface area contributed by atoms with E-state index in [1.165, 1.54) is 5.69 Å². The molecular weight excluding hydrogens is 176 g/mol. The van der Waals surface area contributed by atoms with Crippen molar-refractivity contribution in [2.24, 2.45) is 0 Å². The molecule has 1 aliphatic heterocycles. The van der Waals surface area contributed by atoms with Crippen molar-refractivity contribution in [2.45, 2.75) is 26.4 Å². The molecule has 1 aliphatic rings. The van der Waals surface area contributed by atoms with Crippen molar-refractivity contribution in [2.75, 3.05) is 13.1 Å². The molecule has 4 heteroatoms. The number of aromatic nitrogens is 2. The summed E-state index contributed by atoms with van der Waals surface area (Å²) in [5.74, 6) is 0. The molecule has 74 valence electrons. The average Bonchev–Trinajstić information content (AvgIpc) is 2.50. The Balaban J connectivity index is 2.26. The van der Waals surface area contributed by atoms with Gasteiger partial charge in [-0.1, -0.05) is 6.92 Å². The Labute approximate surface area is 83.7 Å². The normalized spacial score (nSPS) is 17.1. The number of nitriles is 1. The van der Waals surface area contributed by atoms with Crippen LogP contribution in [0.3, 0.4) is 0 Å². The summed E-state index contributed by atoms with van der Waals surface area (Å²) in [4.78, 5) is 2.38. The smallest absolute Gasteiger partial charge is 0.162 e. The third-order valence-corrected chi connectivity index (χ3v) is 2.65. The molecular formula is C10H14N4. The van der Waals surface area contributed by atoms with Gasteiger partial charge in [0.25, 0.3) is 0 Å². The summed E-state index contributed by atoms with van der Waals surface area (Å²) >= 11 is 0. The first-order valence-electron chi connectivity index (χ1n) is 5.02. The Morgan fingerprint density at radius 3 is 3.14 bits per heavy atom. The molecule has 14 heavy (non-hydrogen) atoms. The van der Waals surface area contributed by atoms with Gasteiger partial charge in [-0.2, -0.15) is 10.4 Å². The lowest BCUT2D eigenvalue weighted by atomic mass is 10.3. The lowest BCUT2D eigenvalue weighted by Crippen LogP contribution is -2.22. The van der Waals surface area contributed by atoms with Crippen molar-refractivity contribution in [1.29, 1.82) is 5.26 Å². The largest absolute Gasteiger partial charge is 0.298 e. The van der Waals surface area contributed by atoms with Gasteiger partial charge in [0.15, 0.2) is 5.69 Å². The van der Waals surface area contributed by atoms with Crippen LogP contribution in [0.15, 0.2) is 6.07 Å². The number of rotatable bonds is 1. The highest BCUT2D eigenvalue weighted by atomic mass is 15.3. The summed E-state index contributed by atoms with van der Waals surface area (Å²) in [5, 5.41) is 13.0. The summed E-state index contributed by atoms with van der Waals surface area (Å²) < 4.78 is 1.97. The maximum absolute atomic E-state index is 8.74. The molecule has 0 spiro atoms. The van der Waals surface area contributed by atoms with Crippen LogP contribution in [0.2, 0.25) is 0 Å². The summed E-state index contributed by atoms with van der Waals surface area (Å²) in [6.07, 6.45) is 1.12. The van der Waals surface area contributed by atoms with E-state index in [1.54, 1.807) is 0 Å². The highest BCUT2D eigenvalue weighted by Gasteiger charge is 2.14. The molecule has 1 aromatic heterocycles. The standard InChI is InChI=1S/C10H14N4/c1-2-13-4-3-5-14-10(8-13)6-9(7-11)12-14/h6H,2-5,8H2,1H3. The molecule has 2 heterocycles. The molecule has 0 radical (unpaired) electrons. The number of nitrogens with zero attached hydrogens (tertiary/aromatic N) is 4. The summed E-state index contributed by atoms with van der Waals surface area (Å²) in [6.45, 7) is 6.21. The minimum absolute atomic E-state index is 0.540. The van der Waals surface area contributed by atoms with Gasteiger partial charge in [-0.3, -0.25) is 9.58 Å². The monoisotopic (exact) mass is 190 g/mol. The van der Waals surface area contributed by atoms with Crippen LogP contribution in [0.1, 0.15) is 24.7 Å². The van der Waals surface area contributed by atoms with Gasteiger partial charge < -0.3 is 0 Å². The Morgan fingerprint density at radius 1 is 1.57 bits per heavy atom. The van der Waals surface area contributed by atoms with Crippen LogP contribution in [0, 0.1) is 11.3 Å². The predicted octanol–water partition coefficient (Wildman–Crippen LogP) is 0.980. The number of aryl methyl sites for hydroxylation is 1. The zero-order chi connectivity index (χ0) is 9.97. The summed E-state index contributed by atoms with van der Waals surface area (Å²) in [5.41, 5.74) is 1.71. The van der Waals surface area contributed by atoms with Crippen molar-refractivity contribution >= 4 is 0 Å². The van der Waals surface area contributed by atoms with Gasteiger partial charge in [-0.25, -0.2) is 0 Å². The van der Waals surface area contributed by atoms with Gasteiger partial charge in [0.1, 0.15) is 6.07 Å². The molecule has 0 bridgehead atoms. The van der Waals surface area contributed by atoms with Gasteiger partial charge >= 0.3 is 0 Å². The quantitative estimate of drug-likeness (QED) is 0.663. The van der Waals surface area contributed by atoms with Crippen molar-refractivity contribution in [3.05, 3.63) is 17.5 Å². The van der Waals surface area contributed by atoms with Crippen molar-refractivity contribution < 1.29 is 0 Å². The fourth-order valence-electron chi connectivity index (χ4n) is 1.85. The maximum atomic E-state index is 8.74. The van der Waals surface area contributed by atoms with E-state index in [0.29, 0.717) is 5.69 Å². The molecule has 0 unspecified atom stereocenters. The lowest BCUT2D eigenvalue weighted by molar-refractivity contribution is 0.284. The molecule has 0 aliphatic carbocycles. The van der Waals surface area contributed by atoms with Gasteiger partial charge in [-0.15, -0.1) is 0 Å². The third kappa shape index (κ3) is 1.64. The first-order chi connectivity index (χ1) is 6.83. The zero-order valence-electron chi connectivity index (χ0n) is 8.40. The SMILES string of the molecule is CCN1CCCn2nc(C#N)cc2C1. The fourth-order valence-corrected chi connectivity index (χ4v) is 1.85. The van der Waals surface area contributed by atoms with Crippen LogP contribution in [0.25, 0.3) is 0 Å². The van der Waals surface area contributed by atoms with Gasteiger partial charge in [0.2, 0.25) is 0 Å². The van der Waals surface area contributed by atoms with E-state index in [1.807, 2.05) is 10.7 Å². The van der Waals surface area contributed by atoms with E-state index in [0.717, 1.165) is 32.6 Å². The Bertz CT molecular complexity index is 361. The van der Waals surface area contributed by atoms with Gasteiger partial charge in [-0.05, 0) is 19.0 Å². The van der Waals surface area contributed by atoms with Crippen LogP contribution in [-0.4, -0.2) is 27.8 Å². The third-order valence-electron chi connectivity index (χ3n) is 2.65. The average molecular weight is 190 g/mol. The Kier molecular flexibility index (Phi) is 2.51. The van der Waals surface area contributed by atoms with Crippen LogP contribution >= 0.6 is 0 Å². The molecule has 0 saturated carbocycles. The number of hydrogen-bond donors (Lipinski definition) is 0. The highest BCUT2D eigenvalue weighted by molar-refractivity contribution is 5.22. The molecule has 4 nitrogen and oxygen atoms in total. The second-order valence-electron chi connectivity index (χ2n) is 3.58. The van der Waals surface area contributed by atoms with Crippen molar-refractivity contribution in [3.8, 4) is 6.07 Å². The molecule has 0 amide bonds. The Morgan fingerprint density at radius 2 is 2.43 bits per heavy atom. The van der Waals surface area contributed by atoms with Gasteiger partial charge in [0.05, 0.1) is 5.69 Å². The minimum Gasteiger partial charge on any atom is -0.298 e. The van der Waals surface area contributed by atoms with Crippen molar-refractivity contribution in [1.82, 2.24) is 14.7 Å². The number of fused-ring (bicyclic) bond motifs is 1. The van der Waals surface area contributed by atoms with Crippen LogP contribution in [0.4, 0.5) is 0 Å². The topological polar surface area (TPSA) is 44.9 Å². The zero-order valence-corrected chi connectivity index (χ0v) is 8.40. The molecule has 0 atom stereocenters. The van der Waals surface area contributed by atoms with Crippen LogP contribution in [-0.2, 0) is 13.1 Å². The lowest BCUT2D eigenvalue weighted by Gasteiger charge is -2.15. The van der Waals surface area contributed by atoms with Crippen LogP contribution in [0.5, 0.6) is 0 Å². The van der Waals surface area contributed by atoms with E-state index in [9.17, 15) is 0 Å². The van der Waals surface area contributed by atoms with E-state index in [4.69, 9.17) is 5.26 Å². The molecule has 0 saturated heterocycles. The fraction of sp³-hybridized carbons (Fsp3) is 0.600. The summed E-state index contributed by atoms with van der Waals surface area (Å²) in [7, 11) is 0. The molecule has 0 aromatic carbocycles. The molecule has 0 N–H and O–H groups in total. The van der Waals surface area contributed by atoms with Crippen molar-refractivity contribution in [3.63, 3.8) is 0 Å². The second-order valence-corrected chi connectivity index (χ2v) is 3.58. The van der Waals surface area contributed by atoms with E-state index in [2.05, 4.69) is 23.0 Å². The van der Waals surface area contributed by atoms with Gasteiger partial charge in [0, 0.05) is 19.6 Å². The van der Waals surface area contributed by atoms with E-state index < -0.39 is 0 Å². The molecule has 0 fully saturated rings.